The highest BCUT2D eigenvalue weighted by Crippen LogP contribution is 2.21. The summed E-state index contributed by atoms with van der Waals surface area (Å²) in [6.45, 7) is 4.01. The first kappa shape index (κ1) is 13.4. The number of rotatable bonds is 4. The molecule has 2 rings (SSSR count). The van der Waals surface area contributed by atoms with E-state index < -0.39 is 0 Å². The van der Waals surface area contributed by atoms with Crippen LogP contribution >= 0.6 is 0 Å². The van der Waals surface area contributed by atoms with Gasteiger partial charge in [0.25, 0.3) is 0 Å². The van der Waals surface area contributed by atoms with E-state index in [1.54, 1.807) is 30.3 Å². The molecule has 0 amide bonds. The Hall–Kier alpha value is -2.03. The molecule has 100 valence electrons. The molecule has 0 aliphatic heterocycles. The third-order valence-corrected chi connectivity index (χ3v) is 3.24. The van der Waals surface area contributed by atoms with E-state index >= 15 is 0 Å². The summed E-state index contributed by atoms with van der Waals surface area (Å²) >= 11 is 0. The minimum atomic E-state index is -0.288. The van der Waals surface area contributed by atoms with Gasteiger partial charge in [-0.3, -0.25) is 0 Å². The van der Waals surface area contributed by atoms with Gasteiger partial charge < -0.3 is 9.84 Å². The Morgan fingerprint density at radius 3 is 2.42 bits per heavy atom. The molecule has 0 bridgehead atoms. The van der Waals surface area contributed by atoms with E-state index in [1.165, 1.54) is 0 Å². The van der Waals surface area contributed by atoms with E-state index in [-0.39, 0.29) is 17.8 Å². The van der Waals surface area contributed by atoms with Crippen molar-refractivity contribution >= 4 is 16.7 Å². The smallest absolute Gasteiger partial charge is 0.338 e. The summed E-state index contributed by atoms with van der Waals surface area (Å²) in [7, 11) is 0. The molecule has 0 atom stereocenters. The van der Waals surface area contributed by atoms with Crippen LogP contribution in [0.15, 0.2) is 36.4 Å². The predicted octanol–water partition coefficient (Wildman–Crippen LogP) is 3.89. The molecule has 1 N–H and O–H groups in total. The number of phenols is 1. The summed E-state index contributed by atoms with van der Waals surface area (Å²) in [5.74, 6) is -0.0662. The van der Waals surface area contributed by atoms with Gasteiger partial charge in [-0.2, -0.15) is 0 Å². The van der Waals surface area contributed by atoms with Crippen molar-refractivity contribution in [3.8, 4) is 5.75 Å². The second-order valence-electron chi connectivity index (χ2n) is 4.59. The molecule has 0 unspecified atom stereocenters. The summed E-state index contributed by atoms with van der Waals surface area (Å²) in [6, 6.07) is 10.4. The predicted molar refractivity (Wildman–Crippen MR) is 75.4 cm³/mol. The zero-order valence-corrected chi connectivity index (χ0v) is 11.2. The third kappa shape index (κ3) is 3.05. The molecule has 0 heterocycles. The molecular formula is C16H18O3. The lowest BCUT2D eigenvalue weighted by molar-refractivity contribution is 0.0284. The lowest BCUT2D eigenvalue weighted by Crippen LogP contribution is -2.16. The van der Waals surface area contributed by atoms with Gasteiger partial charge in [0, 0.05) is 0 Å². The van der Waals surface area contributed by atoms with Crippen LogP contribution in [0.4, 0.5) is 0 Å². The summed E-state index contributed by atoms with van der Waals surface area (Å²) < 4.78 is 5.42. The number of carbonyl (C=O) groups is 1. The number of aromatic hydroxyl groups is 1. The molecule has 0 saturated carbocycles. The fourth-order valence-electron chi connectivity index (χ4n) is 2.03. The van der Waals surface area contributed by atoms with Crippen LogP contribution in [0.3, 0.4) is 0 Å². The second-order valence-corrected chi connectivity index (χ2v) is 4.59. The number of esters is 1. The molecule has 0 saturated heterocycles. The van der Waals surface area contributed by atoms with Crippen LogP contribution < -0.4 is 0 Å². The van der Waals surface area contributed by atoms with Crippen molar-refractivity contribution in [3.63, 3.8) is 0 Å². The minimum absolute atomic E-state index is 0.0250. The largest absolute Gasteiger partial charge is 0.508 e. The zero-order chi connectivity index (χ0) is 13.8. The molecule has 3 nitrogen and oxygen atoms in total. The van der Waals surface area contributed by atoms with E-state index in [2.05, 4.69) is 0 Å². The highest BCUT2D eigenvalue weighted by atomic mass is 16.5. The Labute approximate surface area is 112 Å². The van der Waals surface area contributed by atoms with Gasteiger partial charge in [0.1, 0.15) is 11.9 Å². The highest BCUT2D eigenvalue weighted by molar-refractivity contribution is 5.95. The molecule has 19 heavy (non-hydrogen) atoms. The van der Waals surface area contributed by atoms with Gasteiger partial charge in [-0.1, -0.05) is 26.0 Å². The number of hydrogen-bond acceptors (Lipinski definition) is 3. The molecule has 0 aliphatic rings. The topological polar surface area (TPSA) is 46.5 Å². The first-order chi connectivity index (χ1) is 9.13. The minimum Gasteiger partial charge on any atom is -0.508 e. The Morgan fingerprint density at radius 2 is 1.74 bits per heavy atom. The third-order valence-electron chi connectivity index (χ3n) is 3.24. The number of hydrogen-bond donors (Lipinski definition) is 1. The number of carbonyl (C=O) groups excluding carboxylic acids is 1. The summed E-state index contributed by atoms with van der Waals surface area (Å²) in [6.07, 6.45) is 1.62. The van der Waals surface area contributed by atoms with Crippen LogP contribution in [-0.2, 0) is 4.74 Å². The van der Waals surface area contributed by atoms with Crippen molar-refractivity contribution in [2.75, 3.05) is 0 Å². The van der Waals surface area contributed by atoms with Gasteiger partial charge in [-0.25, -0.2) is 4.79 Å². The second kappa shape index (κ2) is 5.74. The average molecular weight is 258 g/mol. The van der Waals surface area contributed by atoms with Crippen LogP contribution in [0.2, 0.25) is 0 Å². The van der Waals surface area contributed by atoms with Gasteiger partial charge in [0.2, 0.25) is 0 Å². The Kier molecular flexibility index (Phi) is 4.05. The van der Waals surface area contributed by atoms with E-state index in [4.69, 9.17) is 4.74 Å². The SMILES string of the molecule is CCC(CC)OC(=O)c1ccc2cc(O)ccc2c1. The van der Waals surface area contributed by atoms with Crippen LogP contribution in [0.1, 0.15) is 37.0 Å². The lowest BCUT2D eigenvalue weighted by Gasteiger charge is -2.14. The molecule has 0 aliphatic carbocycles. The standard InChI is InChI=1S/C16H18O3/c1-3-15(4-2)19-16(18)13-6-5-12-10-14(17)8-7-11(12)9-13/h5-10,15,17H,3-4H2,1-2H3. The van der Waals surface area contributed by atoms with Crippen LogP contribution in [-0.4, -0.2) is 17.2 Å². The Bertz CT molecular complexity index is 586. The maximum atomic E-state index is 12.0. The maximum absolute atomic E-state index is 12.0. The Morgan fingerprint density at radius 1 is 1.11 bits per heavy atom. The van der Waals surface area contributed by atoms with Crippen molar-refractivity contribution in [2.45, 2.75) is 32.8 Å². The van der Waals surface area contributed by atoms with E-state index in [0.29, 0.717) is 5.56 Å². The van der Waals surface area contributed by atoms with Crippen molar-refractivity contribution in [1.82, 2.24) is 0 Å². The van der Waals surface area contributed by atoms with Gasteiger partial charge in [-0.15, -0.1) is 0 Å². The number of phenolic OH excluding ortho intramolecular Hbond substituents is 1. The molecule has 3 heteroatoms. The van der Waals surface area contributed by atoms with Crippen molar-refractivity contribution < 1.29 is 14.6 Å². The van der Waals surface area contributed by atoms with Gasteiger partial charge in [0.05, 0.1) is 5.56 Å². The molecule has 0 spiro atoms. The molecule has 0 radical (unpaired) electrons. The van der Waals surface area contributed by atoms with Gasteiger partial charge in [0.15, 0.2) is 0 Å². The normalized spacial score (nSPS) is 10.9. The summed E-state index contributed by atoms with van der Waals surface area (Å²) in [4.78, 5) is 12.0. The zero-order valence-electron chi connectivity index (χ0n) is 11.2. The van der Waals surface area contributed by atoms with Gasteiger partial charge in [-0.05, 0) is 47.9 Å². The van der Waals surface area contributed by atoms with Crippen LogP contribution in [0.25, 0.3) is 10.8 Å². The quantitative estimate of drug-likeness (QED) is 0.846. The van der Waals surface area contributed by atoms with Crippen molar-refractivity contribution in [3.05, 3.63) is 42.0 Å². The van der Waals surface area contributed by atoms with Crippen molar-refractivity contribution in [1.29, 1.82) is 0 Å². The number of ether oxygens (including phenoxy) is 1. The van der Waals surface area contributed by atoms with Crippen LogP contribution in [0.5, 0.6) is 5.75 Å². The molecule has 0 fully saturated rings. The van der Waals surface area contributed by atoms with Crippen molar-refractivity contribution in [2.24, 2.45) is 0 Å². The first-order valence-corrected chi connectivity index (χ1v) is 6.57. The van der Waals surface area contributed by atoms with E-state index in [9.17, 15) is 9.90 Å². The monoisotopic (exact) mass is 258 g/mol. The fourth-order valence-corrected chi connectivity index (χ4v) is 2.03. The van der Waals surface area contributed by atoms with E-state index in [0.717, 1.165) is 23.6 Å². The number of benzene rings is 2. The average Bonchev–Trinajstić information content (AvgIpc) is 2.43. The van der Waals surface area contributed by atoms with Crippen LogP contribution in [0, 0.1) is 0 Å². The summed E-state index contributed by atoms with van der Waals surface area (Å²) in [5, 5.41) is 11.2. The molecule has 2 aromatic rings. The molecular weight excluding hydrogens is 240 g/mol. The lowest BCUT2D eigenvalue weighted by atomic mass is 10.1. The number of fused-ring (bicyclic) bond motifs is 1. The summed E-state index contributed by atoms with van der Waals surface area (Å²) in [5.41, 5.74) is 0.546. The first-order valence-electron chi connectivity index (χ1n) is 6.57. The maximum Gasteiger partial charge on any atom is 0.338 e. The highest BCUT2D eigenvalue weighted by Gasteiger charge is 2.13. The van der Waals surface area contributed by atoms with E-state index in [1.807, 2.05) is 19.9 Å². The fraction of sp³-hybridized carbons (Fsp3) is 0.312. The molecule has 0 aromatic heterocycles. The van der Waals surface area contributed by atoms with Gasteiger partial charge >= 0.3 is 5.97 Å². The Balaban J connectivity index is 2.25. The molecule has 2 aromatic carbocycles.